The lowest BCUT2D eigenvalue weighted by Gasteiger charge is -2.09. The SMILES string of the molecule is CCCCCCCCCOC(=O)n1nc(-c2cc(Cl)c(C)c(Cl)c2)ccc1=O. The summed E-state index contributed by atoms with van der Waals surface area (Å²) >= 11 is 12.3. The van der Waals surface area contributed by atoms with E-state index in [1.165, 1.54) is 37.8 Å². The van der Waals surface area contributed by atoms with Gasteiger partial charge < -0.3 is 4.74 Å². The number of hydrogen-bond acceptors (Lipinski definition) is 4. The van der Waals surface area contributed by atoms with E-state index < -0.39 is 11.7 Å². The van der Waals surface area contributed by atoms with Crippen LogP contribution < -0.4 is 5.56 Å². The topological polar surface area (TPSA) is 61.2 Å². The predicted molar refractivity (Wildman–Crippen MR) is 113 cm³/mol. The van der Waals surface area contributed by atoms with Crippen molar-refractivity contribution < 1.29 is 9.53 Å². The molecule has 0 bridgehead atoms. The Morgan fingerprint density at radius 1 is 1.04 bits per heavy atom. The number of carbonyl (C=O) groups excluding carboxylic acids is 1. The number of nitrogens with zero attached hydrogens (tertiary/aromatic N) is 2. The van der Waals surface area contributed by atoms with Crippen molar-refractivity contribution >= 4 is 29.3 Å². The van der Waals surface area contributed by atoms with Crippen molar-refractivity contribution in [1.29, 1.82) is 0 Å². The molecule has 0 atom stereocenters. The maximum absolute atomic E-state index is 12.2. The summed E-state index contributed by atoms with van der Waals surface area (Å²) in [5.41, 5.74) is 1.25. The third-order valence-electron chi connectivity index (χ3n) is 4.52. The van der Waals surface area contributed by atoms with Gasteiger partial charge in [-0.25, -0.2) is 4.79 Å². The normalized spacial score (nSPS) is 10.9. The number of aromatic nitrogens is 2. The van der Waals surface area contributed by atoms with Crippen LogP contribution in [-0.2, 0) is 4.74 Å². The summed E-state index contributed by atoms with van der Waals surface area (Å²) in [6.45, 7) is 4.27. The molecule has 152 valence electrons. The lowest BCUT2D eigenvalue weighted by molar-refractivity contribution is 0.140. The summed E-state index contributed by atoms with van der Waals surface area (Å²) in [6.07, 6.45) is 7.05. The van der Waals surface area contributed by atoms with E-state index in [0.717, 1.165) is 29.5 Å². The molecule has 1 aromatic heterocycles. The van der Waals surface area contributed by atoms with E-state index in [-0.39, 0.29) is 6.61 Å². The van der Waals surface area contributed by atoms with Gasteiger partial charge in [0, 0.05) is 21.7 Å². The standard InChI is InChI=1S/C21H26Cl2N2O3/c1-3-4-5-6-7-8-9-12-28-21(27)25-20(26)11-10-19(24-25)16-13-17(22)15(2)18(23)14-16/h10-11,13-14H,3-9,12H2,1-2H3. The van der Waals surface area contributed by atoms with Crippen molar-refractivity contribution in [1.82, 2.24) is 9.78 Å². The van der Waals surface area contributed by atoms with E-state index in [0.29, 0.717) is 21.3 Å². The summed E-state index contributed by atoms with van der Waals surface area (Å²) in [7, 11) is 0. The van der Waals surface area contributed by atoms with E-state index in [2.05, 4.69) is 12.0 Å². The average molecular weight is 425 g/mol. The lowest BCUT2D eigenvalue weighted by Crippen LogP contribution is -2.30. The van der Waals surface area contributed by atoms with Crippen LogP contribution in [-0.4, -0.2) is 22.5 Å². The minimum absolute atomic E-state index is 0.271. The number of hydrogen-bond donors (Lipinski definition) is 0. The molecule has 0 saturated heterocycles. The monoisotopic (exact) mass is 424 g/mol. The van der Waals surface area contributed by atoms with E-state index in [1.54, 1.807) is 12.1 Å². The third-order valence-corrected chi connectivity index (χ3v) is 5.31. The Hall–Kier alpha value is -1.85. The molecule has 0 spiro atoms. The Labute approximate surface area is 175 Å². The van der Waals surface area contributed by atoms with Gasteiger partial charge in [-0.05, 0) is 37.1 Å². The van der Waals surface area contributed by atoms with E-state index in [9.17, 15) is 9.59 Å². The summed E-state index contributed by atoms with van der Waals surface area (Å²) in [5, 5.41) is 5.09. The van der Waals surface area contributed by atoms with Crippen LogP contribution in [0.15, 0.2) is 29.1 Å². The van der Waals surface area contributed by atoms with Crippen molar-refractivity contribution in [3.8, 4) is 11.3 Å². The Kier molecular flexibility index (Phi) is 9.00. The first-order valence-electron chi connectivity index (χ1n) is 9.67. The molecule has 1 aromatic carbocycles. The van der Waals surface area contributed by atoms with Gasteiger partial charge in [-0.1, -0.05) is 68.7 Å². The molecule has 0 radical (unpaired) electrons. The molecule has 1 heterocycles. The number of carbonyl (C=O) groups is 1. The number of ether oxygens (including phenoxy) is 1. The second-order valence-electron chi connectivity index (χ2n) is 6.77. The lowest BCUT2D eigenvalue weighted by atomic mass is 10.1. The molecule has 0 fully saturated rings. The maximum Gasteiger partial charge on any atom is 0.438 e. The van der Waals surface area contributed by atoms with Crippen LogP contribution in [0.2, 0.25) is 10.0 Å². The zero-order valence-electron chi connectivity index (χ0n) is 16.3. The summed E-state index contributed by atoms with van der Waals surface area (Å²) in [5.74, 6) is 0. The molecule has 2 rings (SSSR count). The smallest absolute Gasteiger partial charge is 0.438 e. The molecule has 0 amide bonds. The number of unbranched alkanes of at least 4 members (excludes halogenated alkanes) is 6. The van der Waals surface area contributed by atoms with Crippen molar-refractivity contribution in [2.24, 2.45) is 0 Å². The van der Waals surface area contributed by atoms with Gasteiger partial charge in [0.1, 0.15) is 0 Å². The van der Waals surface area contributed by atoms with Crippen LogP contribution in [0.4, 0.5) is 4.79 Å². The quantitative estimate of drug-likeness (QED) is 0.445. The predicted octanol–water partition coefficient (Wildman–Crippen LogP) is 6.26. The fourth-order valence-corrected chi connectivity index (χ4v) is 3.26. The molecule has 0 unspecified atom stereocenters. The van der Waals surface area contributed by atoms with Crippen LogP contribution in [0.3, 0.4) is 0 Å². The molecule has 2 aromatic rings. The minimum Gasteiger partial charge on any atom is -0.448 e. The summed E-state index contributed by atoms with van der Waals surface area (Å²) in [6, 6.07) is 6.20. The van der Waals surface area contributed by atoms with Gasteiger partial charge in [-0.2, -0.15) is 5.10 Å². The molecule has 0 N–H and O–H groups in total. The zero-order valence-corrected chi connectivity index (χ0v) is 17.9. The number of halogens is 2. The van der Waals surface area contributed by atoms with Crippen LogP contribution in [0, 0.1) is 6.92 Å². The zero-order chi connectivity index (χ0) is 20.5. The maximum atomic E-state index is 12.2. The Balaban J connectivity index is 1.97. The van der Waals surface area contributed by atoms with Gasteiger partial charge in [-0.15, -0.1) is 4.68 Å². The van der Waals surface area contributed by atoms with Gasteiger partial charge in [0.15, 0.2) is 0 Å². The molecule has 0 saturated carbocycles. The highest BCUT2D eigenvalue weighted by Gasteiger charge is 2.13. The highest BCUT2D eigenvalue weighted by atomic mass is 35.5. The largest absolute Gasteiger partial charge is 0.448 e. The van der Waals surface area contributed by atoms with Crippen LogP contribution >= 0.6 is 23.2 Å². The molecular formula is C21H26Cl2N2O3. The van der Waals surface area contributed by atoms with Crippen molar-refractivity contribution in [2.75, 3.05) is 6.61 Å². The van der Waals surface area contributed by atoms with Gasteiger partial charge >= 0.3 is 6.09 Å². The molecule has 28 heavy (non-hydrogen) atoms. The first-order valence-corrected chi connectivity index (χ1v) is 10.4. The molecule has 7 heteroatoms. The third kappa shape index (κ3) is 6.35. The second kappa shape index (κ2) is 11.2. The summed E-state index contributed by atoms with van der Waals surface area (Å²) < 4.78 is 5.94. The Bertz CT molecular complexity index is 842. The van der Waals surface area contributed by atoms with Gasteiger partial charge in [0.05, 0.1) is 12.3 Å². The number of benzene rings is 1. The minimum atomic E-state index is -0.776. The Morgan fingerprint density at radius 2 is 1.64 bits per heavy atom. The van der Waals surface area contributed by atoms with Crippen molar-refractivity contribution in [3.63, 3.8) is 0 Å². The van der Waals surface area contributed by atoms with Gasteiger partial charge in [0.2, 0.25) is 0 Å². The van der Waals surface area contributed by atoms with E-state index in [1.807, 2.05) is 6.92 Å². The van der Waals surface area contributed by atoms with Crippen LogP contribution in [0.1, 0.15) is 57.4 Å². The van der Waals surface area contributed by atoms with Crippen molar-refractivity contribution in [2.45, 2.75) is 58.8 Å². The second-order valence-corrected chi connectivity index (χ2v) is 7.58. The first-order chi connectivity index (χ1) is 13.4. The van der Waals surface area contributed by atoms with E-state index >= 15 is 0 Å². The van der Waals surface area contributed by atoms with Crippen LogP contribution in [0.5, 0.6) is 0 Å². The molecule has 0 aliphatic carbocycles. The van der Waals surface area contributed by atoms with Crippen molar-refractivity contribution in [3.05, 3.63) is 50.2 Å². The molecule has 0 aliphatic rings. The molecule has 0 aliphatic heterocycles. The van der Waals surface area contributed by atoms with E-state index in [4.69, 9.17) is 27.9 Å². The average Bonchev–Trinajstić information content (AvgIpc) is 2.68. The fourth-order valence-electron chi connectivity index (χ4n) is 2.77. The Morgan fingerprint density at radius 3 is 2.29 bits per heavy atom. The highest BCUT2D eigenvalue weighted by Crippen LogP contribution is 2.29. The number of rotatable bonds is 9. The van der Waals surface area contributed by atoms with Crippen LogP contribution in [0.25, 0.3) is 11.3 Å². The van der Waals surface area contributed by atoms with Gasteiger partial charge in [-0.3, -0.25) is 4.79 Å². The molecule has 5 nitrogen and oxygen atoms in total. The highest BCUT2D eigenvalue weighted by molar-refractivity contribution is 6.36. The fraction of sp³-hybridized carbons (Fsp3) is 0.476. The summed E-state index contributed by atoms with van der Waals surface area (Å²) in [4.78, 5) is 24.3. The van der Waals surface area contributed by atoms with Gasteiger partial charge in [0.25, 0.3) is 5.56 Å². The molecular weight excluding hydrogens is 399 g/mol. The first kappa shape index (κ1) is 22.4.